The smallest absolute Gasteiger partial charge is 0.246 e. The fraction of sp³-hybridized carbons (Fsp3) is 0.700. The first kappa shape index (κ1) is 12.2. The first-order valence-corrected chi connectivity index (χ1v) is 4.72. The summed E-state index contributed by atoms with van der Waals surface area (Å²) in [5.41, 5.74) is 0. The molecule has 3 heteroatoms. The zero-order valence-corrected chi connectivity index (χ0v) is 9.08. The first-order valence-electron chi connectivity index (χ1n) is 4.72. The van der Waals surface area contributed by atoms with E-state index in [0.717, 1.165) is 19.6 Å². The summed E-state index contributed by atoms with van der Waals surface area (Å²) in [5, 5.41) is 0. The van der Waals surface area contributed by atoms with E-state index in [-0.39, 0.29) is 5.91 Å². The number of hydrogen-bond donors (Lipinski definition) is 0. The van der Waals surface area contributed by atoms with Crippen molar-refractivity contribution in [2.75, 3.05) is 33.7 Å². The maximum absolute atomic E-state index is 11.3. The van der Waals surface area contributed by atoms with E-state index in [1.165, 1.54) is 0 Å². The molecule has 0 spiro atoms. The predicted octanol–water partition coefficient (Wildman–Crippen LogP) is 0.973. The molecule has 0 aromatic heterocycles. The first-order chi connectivity index (χ1) is 6.11. The summed E-state index contributed by atoms with van der Waals surface area (Å²) >= 11 is 0. The van der Waals surface area contributed by atoms with E-state index in [1.807, 2.05) is 20.0 Å². The van der Waals surface area contributed by atoms with Crippen molar-refractivity contribution >= 4 is 5.91 Å². The number of likely N-dealkylation sites (N-methyl/N-ethyl adjacent to an activating group) is 2. The van der Waals surface area contributed by atoms with Crippen molar-refractivity contribution in [3.63, 3.8) is 0 Å². The third kappa shape index (κ3) is 5.42. The van der Waals surface area contributed by atoms with Gasteiger partial charge < -0.3 is 9.80 Å². The number of carbonyl (C=O) groups excluding carboxylic acids is 1. The van der Waals surface area contributed by atoms with Crippen molar-refractivity contribution in [3.05, 3.63) is 12.2 Å². The minimum absolute atomic E-state index is 0.0759. The zero-order chi connectivity index (χ0) is 10.3. The average Bonchev–Trinajstić information content (AvgIpc) is 2.15. The Morgan fingerprint density at radius 2 is 1.85 bits per heavy atom. The Labute approximate surface area is 81.0 Å². The molecule has 0 aliphatic rings. The Balaban J connectivity index is 3.78. The Kier molecular flexibility index (Phi) is 6.24. The minimum atomic E-state index is 0.0759. The monoisotopic (exact) mass is 184 g/mol. The fourth-order valence-electron chi connectivity index (χ4n) is 0.746. The third-order valence-electron chi connectivity index (χ3n) is 2.07. The molecule has 0 bridgehead atoms. The van der Waals surface area contributed by atoms with Crippen molar-refractivity contribution in [1.82, 2.24) is 9.80 Å². The van der Waals surface area contributed by atoms with Crippen molar-refractivity contribution in [2.45, 2.75) is 13.8 Å². The Morgan fingerprint density at radius 1 is 1.23 bits per heavy atom. The average molecular weight is 184 g/mol. The van der Waals surface area contributed by atoms with Gasteiger partial charge >= 0.3 is 0 Å². The molecule has 0 heterocycles. The molecule has 0 N–H and O–H groups in total. The van der Waals surface area contributed by atoms with E-state index in [2.05, 4.69) is 11.8 Å². The molecule has 76 valence electrons. The van der Waals surface area contributed by atoms with Crippen LogP contribution >= 0.6 is 0 Å². The standard InChI is InChI=1S/C10H20N2O/c1-5-11(3)9-7-8-10(13)12(4)6-2/h7-8H,5-6,9H2,1-4H3/b8-7+. The number of rotatable bonds is 5. The molecular formula is C10H20N2O. The Bertz CT molecular complexity index is 178. The van der Waals surface area contributed by atoms with Gasteiger partial charge in [-0.3, -0.25) is 4.79 Å². The molecule has 0 saturated heterocycles. The summed E-state index contributed by atoms with van der Waals surface area (Å²) in [5.74, 6) is 0.0759. The molecule has 0 atom stereocenters. The minimum Gasteiger partial charge on any atom is -0.343 e. The summed E-state index contributed by atoms with van der Waals surface area (Å²) in [6, 6.07) is 0. The van der Waals surface area contributed by atoms with Gasteiger partial charge in [-0.2, -0.15) is 0 Å². The van der Waals surface area contributed by atoms with Gasteiger partial charge in [0, 0.05) is 26.2 Å². The summed E-state index contributed by atoms with van der Waals surface area (Å²) in [6.07, 6.45) is 3.54. The summed E-state index contributed by atoms with van der Waals surface area (Å²) < 4.78 is 0. The van der Waals surface area contributed by atoms with Gasteiger partial charge in [0.25, 0.3) is 0 Å². The van der Waals surface area contributed by atoms with E-state index < -0.39 is 0 Å². The lowest BCUT2D eigenvalue weighted by molar-refractivity contribution is -0.124. The quantitative estimate of drug-likeness (QED) is 0.594. The van der Waals surface area contributed by atoms with Crippen molar-refractivity contribution in [3.8, 4) is 0 Å². The Morgan fingerprint density at radius 3 is 2.31 bits per heavy atom. The normalized spacial score (nSPS) is 11.2. The molecule has 0 aromatic rings. The highest BCUT2D eigenvalue weighted by atomic mass is 16.2. The lowest BCUT2D eigenvalue weighted by Gasteiger charge is -2.12. The molecule has 3 nitrogen and oxygen atoms in total. The highest BCUT2D eigenvalue weighted by molar-refractivity contribution is 5.87. The van der Waals surface area contributed by atoms with E-state index in [0.29, 0.717) is 0 Å². The van der Waals surface area contributed by atoms with E-state index >= 15 is 0 Å². The highest BCUT2D eigenvalue weighted by Gasteiger charge is 1.99. The lowest BCUT2D eigenvalue weighted by Crippen LogP contribution is -2.24. The van der Waals surface area contributed by atoms with Gasteiger partial charge in [-0.05, 0) is 20.5 Å². The molecule has 0 unspecified atom stereocenters. The summed E-state index contributed by atoms with van der Waals surface area (Å²) in [7, 11) is 3.83. The van der Waals surface area contributed by atoms with Crippen LogP contribution in [0.5, 0.6) is 0 Å². The van der Waals surface area contributed by atoms with Gasteiger partial charge in [0.1, 0.15) is 0 Å². The largest absolute Gasteiger partial charge is 0.343 e. The number of hydrogen-bond acceptors (Lipinski definition) is 2. The van der Waals surface area contributed by atoms with Gasteiger partial charge in [0.05, 0.1) is 0 Å². The van der Waals surface area contributed by atoms with Gasteiger partial charge in [0.15, 0.2) is 0 Å². The lowest BCUT2D eigenvalue weighted by atomic mass is 10.4. The van der Waals surface area contributed by atoms with Crippen molar-refractivity contribution in [2.24, 2.45) is 0 Å². The van der Waals surface area contributed by atoms with Crippen LogP contribution in [0.2, 0.25) is 0 Å². The van der Waals surface area contributed by atoms with Gasteiger partial charge in [0.2, 0.25) is 5.91 Å². The maximum atomic E-state index is 11.3. The van der Waals surface area contributed by atoms with Crippen LogP contribution < -0.4 is 0 Å². The summed E-state index contributed by atoms with van der Waals surface area (Å²) in [4.78, 5) is 15.1. The van der Waals surface area contributed by atoms with Crippen LogP contribution in [0.4, 0.5) is 0 Å². The van der Waals surface area contributed by atoms with E-state index in [4.69, 9.17) is 0 Å². The van der Waals surface area contributed by atoms with Crippen LogP contribution in [0.1, 0.15) is 13.8 Å². The van der Waals surface area contributed by atoms with E-state index in [1.54, 1.807) is 18.0 Å². The van der Waals surface area contributed by atoms with E-state index in [9.17, 15) is 4.79 Å². The van der Waals surface area contributed by atoms with Crippen molar-refractivity contribution < 1.29 is 4.79 Å². The topological polar surface area (TPSA) is 23.6 Å². The Hall–Kier alpha value is -0.830. The van der Waals surface area contributed by atoms with Crippen LogP contribution in [0.15, 0.2) is 12.2 Å². The highest BCUT2D eigenvalue weighted by Crippen LogP contribution is 1.87. The van der Waals surface area contributed by atoms with Crippen LogP contribution in [0.3, 0.4) is 0 Å². The van der Waals surface area contributed by atoms with Crippen LogP contribution in [-0.2, 0) is 4.79 Å². The molecule has 0 fully saturated rings. The van der Waals surface area contributed by atoms with Gasteiger partial charge in [-0.25, -0.2) is 0 Å². The number of carbonyl (C=O) groups is 1. The molecule has 1 amide bonds. The molecule has 0 saturated carbocycles. The predicted molar refractivity (Wildman–Crippen MR) is 55.6 cm³/mol. The van der Waals surface area contributed by atoms with Crippen molar-refractivity contribution in [1.29, 1.82) is 0 Å². The fourth-order valence-corrected chi connectivity index (χ4v) is 0.746. The summed E-state index contributed by atoms with van der Waals surface area (Å²) in [6.45, 7) is 6.65. The molecule has 13 heavy (non-hydrogen) atoms. The molecule has 0 rings (SSSR count). The second-order valence-electron chi connectivity index (χ2n) is 3.11. The molecule has 0 radical (unpaired) electrons. The SMILES string of the molecule is CCN(C)C/C=C/C(=O)N(C)CC. The zero-order valence-electron chi connectivity index (χ0n) is 9.08. The second-order valence-corrected chi connectivity index (χ2v) is 3.11. The van der Waals surface area contributed by atoms with Crippen LogP contribution in [-0.4, -0.2) is 49.4 Å². The molecule has 0 aliphatic carbocycles. The van der Waals surface area contributed by atoms with Crippen LogP contribution in [0.25, 0.3) is 0 Å². The van der Waals surface area contributed by atoms with Crippen LogP contribution in [0, 0.1) is 0 Å². The number of nitrogens with zero attached hydrogens (tertiary/aromatic N) is 2. The maximum Gasteiger partial charge on any atom is 0.246 e. The molecular weight excluding hydrogens is 164 g/mol. The second kappa shape index (κ2) is 6.66. The molecule has 0 aromatic carbocycles. The number of amides is 1. The molecule has 0 aliphatic heterocycles. The third-order valence-corrected chi connectivity index (χ3v) is 2.07. The van der Waals surface area contributed by atoms with Gasteiger partial charge in [-0.1, -0.05) is 13.0 Å². The van der Waals surface area contributed by atoms with Gasteiger partial charge in [-0.15, -0.1) is 0 Å².